The largest absolute Gasteiger partial charge is 0.497 e. The molecule has 1 N–H and O–H groups in total. The first-order chi connectivity index (χ1) is 19.1. The summed E-state index contributed by atoms with van der Waals surface area (Å²) in [5, 5.41) is 2.94. The van der Waals surface area contributed by atoms with Crippen molar-refractivity contribution in [1.82, 2.24) is 10.2 Å². The molecule has 0 fully saturated rings. The van der Waals surface area contributed by atoms with Gasteiger partial charge >= 0.3 is 0 Å². The number of methoxy groups -OCH3 is 1. The molecule has 40 heavy (non-hydrogen) atoms. The number of carbonyl (C=O) groups excluding carboxylic acids is 2. The molecule has 0 aliphatic rings. The van der Waals surface area contributed by atoms with Crippen molar-refractivity contribution in [2.75, 3.05) is 24.5 Å². The first-order valence-corrected chi connectivity index (χ1v) is 14.9. The number of sulfonamides is 1. The van der Waals surface area contributed by atoms with Crippen LogP contribution in [0.15, 0.2) is 83.8 Å². The molecular weight excluding hydrogens is 526 g/mol. The summed E-state index contributed by atoms with van der Waals surface area (Å²) in [6.45, 7) is 7.19. The molecule has 0 unspecified atom stereocenters. The molecule has 0 aliphatic carbocycles. The number of benzene rings is 3. The Morgan fingerprint density at radius 3 is 2.12 bits per heavy atom. The first kappa shape index (κ1) is 30.7. The number of nitrogens with one attached hydrogen (secondary N) is 1. The van der Waals surface area contributed by atoms with Gasteiger partial charge in [-0.2, -0.15) is 0 Å². The van der Waals surface area contributed by atoms with Gasteiger partial charge in [-0.1, -0.05) is 55.0 Å². The Hall–Kier alpha value is -3.85. The van der Waals surface area contributed by atoms with Crippen LogP contribution in [0.25, 0.3) is 0 Å². The van der Waals surface area contributed by atoms with Crippen molar-refractivity contribution >= 4 is 27.5 Å². The van der Waals surface area contributed by atoms with Crippen LogP contribution < -0.4 is 14.4 Å². The monoisotopic (exact) mass is 565 g/mol. The normalized spacial score (nSPS) is 12.7. The van der Waals surface area contributed by atoms with Gasteiger partial charge in [-0.3, -0.25) is 13.9 Å². The summed E-state index contributed by atoms with van der Waals surface area (Å²) in [5.41, 5.74) is 2.24. The summed E-state index contributed by atoms with van der Waals surface area (Å²) in [4.78, 5) is 28.5. The van der Waals surface area contributed by atoms with Gasteiger partial charge in [0.15, 0.2) is 0 Å². The van der Waals surface area contributed by atoms with Crippen LogP contribution in [-0.2, 0) is 26.0 Å². The quantitative estimate of drug-likeness (QED) is 0.328. The fourth-order valence-corrected chi connectivity index (χ4v) is 5.56. The Balaban J connectivity index is 1.97. The highest BCUT2D eigenvalue weighted by molar-refractivity contribution is 7.92. The number of carbonyl (C=O) groups is 2. The first-order valence-electron chi connectivity index (χ1n) is 13.4. The molecule has 0 saturated carbocycles. The molecule has 0 bridgehead atoms. The summed E-state index contributed by atoms with van der Waals surface area (Å²) >= 11 is 0. The van der Waals surface area contributed by atoms with Crippen molar-refractivity contribution in [3.8, 4) is 5.75 Å². The summed E-state index contributed by atoms with van der Waals surface area (Å²) in [5.74, 6) is -0.204. The Morgan fingerprint density at radius 2 is 1.55 bits per heavy atom. The van der Waals surface area contributed by atoms with E-state index in [1.807, 2.05) is 51.1 Å². The number of aryl methyl sites for hydroxylation is 1. The third-order valence-electron chi connectivity index (χ3n) is 6.90. The van der Waals surface area contributed by atoms with Gasteiger partial charge < -0.3 is 15.0 Å². The van der Waals surface area contributed by atoms with E-state index in [1.54, 1.807) is 43.3 Å². The smallest absolute Gasteiger partial charge is 0.264 e. The van der Waals surface area contributed by atoms with E-state index >= 15 is 0 Å². The van der Waals surface area contributed by atoms with Crippen LogP contribution in [0, 0.1) is 6.92 Å². The lowest BCUT2D eigenvalue weighted by Crippen LogP contribution is -2.53. The Bertz CT molecular complexity index is 1360. The fourth-order valence-electron chi connectivity index (χ4n) is 4.15. The molecule has 3 rings (SSSR count). The van der Waals surface area contributed by atoms with E-state index in [-0.39, 0.29) is 23.4 Å². The second-order valence-corrected chi connectivity index (χ2v) is 11.7. The molecule has 0 spiro atoms. The molecule has 0 aliphatic heterocycles. The topological polar surface area (TPSA) is 96.0 Å². The SMILES string of the molecule is CC[C@@H](C)NC(=O)[C@H](C)N(CCc1ccccc1)C(=O)CN(c1ccc(OC)cc1)S(=O)(=O)c1ccc(C)cc1. The van der Waals surface area contributed by atoms with Crippen molar-refractivity contribution in [1.29, 1.82) is 0 Å². The molecule has 3 aromatic carbocycles. The average Bonchev–Trinajstić information content (AvgIpc) is 2.96. The molecule has 0 radical (unpaired) electrons. The van der Waals surface area contributed by atoms with Gasteiger partial charge in [-0.25, -0.2) is 8.42 Å². The molecule has 0 heterocycles. The summed E-state index contributed by atoms with van der Waals surface area (Å²) in [7, 11) is -2.59. The number of rotatable bonds is 13. The standard InChI is InChI=1S/C31H39N3O5S/c1-6-24(3)32-31(36)25(4)33(21-20-26-10-8-7-9-11-26)30(35)22-34(27-14-16-28(39-5)17-15-27)40(37,38)29-18-12-23(2)13-19-29/h7-19,24-25H,6,20-22H2,1-5H3,(H,32,36)/t24-,25+/m1/s1. The molecule has 8 nitrogen and oxygen atoms in total. The summed E-state index contributed by atoms with van der Waals surface area (Å²) < 4.78 is 34.1. The van der Waals surface area contributed by atoms with E-state index in [2.05, 4.69) is 5.32 Å². The van der Waals surface area contributed by atoms with Crippen LogP contribution >= 0.6 is 0 Å². The van der Waals surface area contributed by atoms with Gasteiger partial charge in [0.2, 0.25) is 11.8 Å². The molecule has 3 aromatic rings. The minimum Gasteiger partial charge on any atom is -0.497 e. The Labute approximate surface area is 238 Å². The lowest BCUT2D eigenvalue weighted by atomic mass is 10.1. The van der Waals surface area contributed by atoms with Gasteiger partial charge in [0.25, 0.3) is 10.0 Å². The van der Waals surface area contributed by atoms with Crippen LogP contribution in [0.3, 0.4) is 0 Å². The van der Waals surface area contributed by atoms with Crippen LogP contribution in [0.2, 0.25) is 0 Å². The molecule has 9 heteroatoms. The van der Waals surface area contributed by atoms with Crippen LogP contribution in [0.4, 0.5) is 5.69 Å². The second kappa shape index (κ2) is 14.0. The highest BCUT2D eigenvalue weighted by atomic mass is 32.2. The minimum atomic E-state index is -4.11. The molecule has 2 amide bonds. The Morgan fingerprint density at radius 1 is 0.925 bits per heavy atom. The van der Waals surface area contributed by atoms with E-state index in [9.17, 15) is 18.0 Å². The van der Waals surface area contributed by atoms with Gasteiger partial charge in [0.05, 0.1) is 17.7 Å². The predicted octanol–water partition coefficient (Wildman–Crippen LogP) is 4.57. The molecule has 2 atom stereocenters. The number of hydrogen-bond acceptors (Lipinski definition) is 5. The van der Waals surface area contributed by atoms with Crippen LogP contribution in [0.5, 0.6) is 5.75 Å². The number of hydrogen-bond donors (Lipinski definition) is 1. The van der Waals surface area contributed by atoms with Crippen molar-refractivity contribution in [2.45, 2.75) is 57.5 Å². The number of ether oxygens (including phenoxy) is 1. The van der Waals surface area contributed by atoms with E-state index in [0.717, 1.165) is 21.9 Å². The molecule has 0 aromatic heterocycles. The maximum atomic E-state index is 13.9. The third-order valence-corrected chi connectivity index (χ3v) is 8.69. The van der Waals surface area contributed by atoms with Gasteiger partial charge in [-0.15, -0.1) is 0 Å². The van der Waals surface area contributed by atoms with Gasteiger partial charge in [0, 0.05) is 12.6 Å². The van der Waals surface area contributed by atoms with Gasteiger partial charge in [-0.05, 0) is 75.6 Å². The highest BCUT2D eigenvalue weighted by Crippen LogP contribution is 2.26. The number of amides is 2. The predicted molar refractivity (Wildman–Crippen MR) is 158 cm³/mol. The van der Waals surface area contributed by atoms with Gasteiger partial charge in [0.1, 0.15) is 18.3 Å². The summed E-state index contributed by atoms with van der Waals surface area (Å²) in [6, 6.07) is 21.8. The number of anilines is 1. The van der Waals surface area contributed by atoms with Crippen molar-refractivity contribution in [3.63, 3.8) is 0 Å². The zero-order valence-corrected chi connectivity index (χ0v) is 24.6. The number of nitrogens with zero attached hydrogens (tertiary/aromatic N) is 2. The lowest BCUT2D eigenvalue weighted by Gasteiger charge is -2.32. The maximum absolute atomic E-state index is 13.9. The van der Waals surface area contributed by atoms with E-state index < -0.39 is 28.5 Å². The van der Waals surface area contributed by atoms with E-state index in [4.69, 9.17) is 4.74 Å². The molecule has 214 valence electrons. The van der Waals surface area contributed by atoms with Crippen LogP contribution in [-0.4, -0.2) is 57.4 Å². The van der Waals surface area contributed by atoms with Crippen LogP contribution in [0.1, 0.15) is 38.3 Å². The van der Waals surface area contributed by atoms with Crippen molar-refractivity contribution < 1.29 is 22.7 Å². The fraction of sp³-hybridized carbons (Fsp3) is 0.355. The van der Waals surface area contributed by atoms with Crippen molar-refractivity contribution in [2.24, 2.45) is 0 Å². The van der Waals surface area contributed by atoms with E-state index in [1.165, 1.54) is 24.1 Å². The lowest BCUT2D eigenvalue weighted by molar-refractivity contribution is -0.139. The molecule has 0 saturated heterocycles. The van der Waals surface area contributed by atoms with E-state index in [0.29, 0.717) is 17.9 Å². The zero-order chi connectivity index (χ0) is 29.3. The zero-order valence-electron chi connectivity index (χ0n) is 23.8. The minimum absolute atomic E-state index is 0.0567. The Kier molecular flexibility index (Phi) is 10.7. The second-order valence-electron chi connectivity index (χ2n) is 9.84. The summed E-state index contributed by atoms with van der Waals surface area (Å²) in [6.07, 6.45) is 1.26. The third kappa shape index (κ3) is 7.85. The highest BCUT2D eigenvalue weighted by Gasteiger charge is 2.32. The van der Waals surface area contributed by atoms with Crippen molar-refractivity contribution in [3.05, 3.63) is 90.0 Å². The molecular formula is C31H39N3O5S. The average molecular weight is 566 g/mol. The maximum Gasteiger partial charge on any atom is 0.264 e.